The molecule has 2 amide bonds. The molecule has 1 aromatic carbocycles. The van der Waals surface area contributed by atoms with Gasteiger partial charge in [0.15, 0.2) is 0 Å². The van der Waals surface area contributed by atoms with E-state index < -0.39 is 0 Å². The van der Waals surface area contributed by atoms with E-state index in [-0.39, 0.29) is 17.7 Å². The van der Waals surface area contributed by atoms with Crippen molar-refractivity contribution < 1.29 is 14.3 Å². The topological polar surface area (TPSA) is 67.4 Å². The average Bonchev–Trinajstić information content (AvgIpc) is 2.49. The molecule has 2 rings (SSSR count). The summed E-state index contributed by atoms with van der Waals surface area (Å²) < 4.78 is 4.92. The number of amides is 2. The maximum atomic E-state index is 12.0. The molecule has 1 aromatic rings. The van der Waals surface area contributed by atoms with Crippen LogP contribution in [0.25, 0.3) is 0 Å². The molecule has 1 aliphatic heterocycles. The van der Waals surface area contributed by atoms with Crippen molar-refractivity contribution in [2.45, 2.75) is 25.7 Å². The van der Waals surface area contributed by atoms with Crippen molar-refractivity contribution in [1.29, 1.82) is 0 Å². The number of anilines is 1. The number of carbonyl (C=O) groups excluding carboxylic acids is 2. The second-order valence-electron chi connectivity index (χ2n) is 5.28. The quantitative estimate of drug-likeness (QED) is 0.752. The van der Waals surface area contributed by atoms with E-state index in [1.807, 2.05) is 24.3 Å². The molecule has 1 aliphatic rings. The maximum absolute atomic E-state index is 12.0. The van der Waals surface area contributed by atoms with Gasteiger partial charge in [0.2, 0.25) is 11.8 Å². The molecule has 0 aliphatic carbocycles. The number of ether oxygens (including phenoxy) is 1. The minimum atomic E-state index is -0.121. The molecule has 0 saturated heterocycles. The molecular weight excluding hydrogens is 268 g/mol. The zero-order valence-electron chi connectivity index (χ0n) is 12.4. The molecule has 0 radical (unpaired) electrons. The summed E-state index contributed by atoms with van der Waals surface area (Å²) in [4.78, 5) is 23.7. The fourth-order valence-corrected chi connectivity index (χ4v) is 2.48. The van der Waals surface area contributed by atoms with Crippen molar-refractivity contribution in [1.82, 2.24) is 5.32 Å². The summed E-state index contributed by atoms with van der Waals surface area (Å²) in [5.41, 5.74) is 2.03. The molecule has 114 valence electrons. The molecule has 1 atom stereocenters. The molecule has 1 heterocycles. The molecular formula is C16H22N2O3. The van der Waals surface area contributed by atoms with E-state index in [2.05, 4.69) is 10.6 Å². The van der Waals surface area contributed by atoms with Crippen molar-refractivity contribution in [3.05, 3.63) is 29.8 Å². The van der Waals surface area contributed by atoms with Gasteiger partial charge in [-0.25, -0.2) is 0 Å². The lowest BCUT2D eigenvalue weighted by Crippen LogP contribution is -2.32. The highest BCUT2D eigenvalue weighted by Crippen LogP contribution is 2.27. The highest BCUT2D eigenvalue weighted by atomic mass is 16.5. The molecule has 0 aromatic heterocycles. The zero-order valence-corrected chi connectivity index (χ0v) is 12.4. The smallest absolute Gasteiger partial charge is 0.227 e. The second kappa shape index (κ2) is 7.78. The minimum Gasteiger partial charge on any atom is -0.385 e. The van der Waals surface area contributed by atoms with Gasteiger partial charge in [0, 0.05) is 38.3 Å². The van der Waals surface area contributed by atoms with Crippen molar-refractivity contribution in [3.8, 4) is 0 Å². The molecule has 2 N–H and O–H groups in total. The number of benzene rings is 1. The van der Waals surface area contributed by atoms with Gasteiger partial charge in [0.05, 0.1) is 0 Å². The van der Waals surface area contributed by atoms with Crippen LogP contribution in [0.1, 0.15) is 24.8 Å². The monoisotopic (exact) mass is 290 g/mol. The normalized spacial score (nSPS) is 17.0. The van der Waals surface area contributed by atoms with Gasteiger partial charge in [0.25, 0.3) is 0 Å². The number of para-hydroxylation sites is 1. The number of hydrogen-bond acceptors (Lipinski definition) is 3. The third-order valence-corrected chi connectivity index (χ3v) is 3.68. The number of nitrogens with one attached hydrogen (secondary N) is 2. The molecule has 0 bridgehead atoms. The van der Waals surface area contributed by atoms with Crippen LogP contribution in [0.15, 0.2) is 24.3 Å². The predicted octanol–water partition coefficient (Wildman–Crippen LogP) is 1.73. The van der Waals surface area contributed by atoms with Crippen LogP contribution in [0.5, 0.6) is 0 Å². The molecule has 0 spiro atoms. The van der Waals surface area contributed by atoms with Crippen LogP contribution in [0.2, 0.25) is 0 Å². The summed E-state index contributed by atoms with van der Waals surface area (Å²) in [6.45, 7) is 1.26. The Bertz CT molecular complexity index is 502. The van der Waals surface area contributed by atoms with Gasteiger partial charge in [-0.3, -0.25) is 9.59 Å². The van der Waals surface area contributed by atoms with Crippen molar-refractivity contribution >= 4 is 17.5 Å². The lowest BCUT2D eigenvalue weighted by Gasteiger charge is -2.24. The van der Waals surface area contributed by atoms with Gasteiger partial charge in [-0.15, -0.1) is 0 Å². The van der Waals surface area contributed by atoms with E-state index >= 15 is 0 Å². The fraction of sp³-hybridized carbons (Fsp3) is 0.500. The first kappa shape index (κ1) is 15.5. The standard InChI is InChI=1S/C16H22N2O3/c1-21-10-4-9-17-15(19)8-7-13-11-12-5-2-3-6-14(12)18-16(13)20/h2-3,5-6,13H,4,7-11H2,1H3,(H,17,19)(H,18,20)/t13-/m1/s1. The fourth-order valence-electron chi connectivity index (χ4n) is 2.48. The van der Waals surface area contributed by atoms with Gasteiger partial charge >= 0.3 is 0 Å². The van der Waals surface area contributed by atoms with Crippen LogP contribution in [-0.2, 0) is 20.7 Å². The summed E-state index contributed by atoms with van der Waals surface area (Å²) in [7, 11) is 1.64. The number of fused-ring (bicyclic) bond motifs is 1. The van der Waals surface area contributed by atoms with E-state index in [1.54, 1.807) is 7.11 Å². The molecule has 0 unspecified atom stereocenters. The Morgan fingerprint density at radius 1 is 1.43 bits per heavy atom. The highest BCUT2D eigenvalue weighted by molar-refractivity contribution is 5.96. The highest BCUT2D eigenvalue weighted by Gasteiger charge is 2.25. The average molecular weight is 290 g/mol. The van der Waals surface area contributed by atoms with Crippen LogP contribution in [0, 0.1) is 5.92 Å². The minimum absolute atomic E-state index is 0.00207. The van der Waals surface area contributed by atoms with Crippen LogP contribution in [0.3, 0.4) is 0 Å². The lowest BCUT2D eigenvalue weighted by atomic mass is 9.89. The maximum Gasteiger partial charge on any atom is 0.227 e. The van der Waals surface area contributed by atoms with E-state index in [1.165, 1.54) is 0 Å². The molecule has 5 nitrogen and oxygen atoms in total. The number of carbonyl (C=O) groups is 2. The van der Waals surface area contributed by atoms with Crippen LogP contribution in [0.4, 0.5) is 5.69 Å². The third-order valence-electron chi connectivity index (χ3n) is 3.68. The largest absolute Gasteiger partial charge is 0.385 e. The summed E-state index contributed by atoms with van der Waals surface area (Å²) in [6, 6.07) is 7.81. The SMILES string of the molecule is COCCCNC(=O)CC[C@@H]1Cc2ccccc2NC1=O. The summed E-state index contributed by atoms with van der Waals surface area (Å²) in [5.74, 6) is -0.108. The first-order valence-electron chi connectivity index (χ1n) is 7.35. The van der Waals surface area contributed by atoms with Crippen LogP contribution >= 0.6 is 0 Å². The van der Waals surface area contributed by atoms with Gasteiger partial charge in [-0.1, -0.05) is 18.2 Å². The molecule has 0 fully saturated rings. The Labute approximate surface area is 125 Å². The Kier molecular flexibility index (Phi) is 5.75. The van der Waals surface area contributed by atoms with Crippen LogP contribution in [-0.4, -0.2) is 32.1 Å². The van der Waals surface area contributed by atoms with Crippen LogP contribution < -0.4 is 10.6 Å². The van der Waals surface area contributed by atoms with Crippen molar-refractivity contribution in [2.24, 2.45) is 5.92 Å². The van der Waals surface area contributed by atoms with Gasteiger partial charge < -0.3 is 15.4 Å². The molecule has 0 saturated carbocycles. The Morgan fingerprint density at radius 2 is 2.24 bits per heavy atom. The Balaban J connectivity index is 1.76. The Hall–Kier alpha value is -1.88. The third kappa shape index (κ3) is 4.56. The van der Waals surface area contributed by atoms with Gasteiger partial charge in [-0.2, -0.15) is 0 Å². The van der Waals surface area contributed by atoms with E-state index in [0.717, 1.165) is 17.7 Å². The van der Waals surface area contributed by atoms with Crippen molar-refractivity contribution in [3.63, 3.8) is 0 Å². The molecule has 21 heavy (non-hydrogen) atoms. The number of hydrogen-bond donors (Lipinski definition) is 2. The summed E-state index contributed by atoms with van der Waals surface area (Å²) >= 11 is 0. The number of rotatable bonds is 7. The van der Waals surface area contributed by atoms with Gasteiger partial charge in [0.1, 0.15) is 0 Å². The summed E-state index contributed by atoms with van der Waals surface area (Å²) in [6.07, 6.45) is 2.47. The summed E-state index contributed by atoms with van der Waals surface area (Å²) in [5, 5.41) is 5.75. The molecule has 5 heteroatoms. The van der Waals surface area contributed by atoms with Crippen molar-refractivity contribution in [2.75, 3.05) is 25.6 Å². The van der Waals surface area contributed by atoms with E-state index in [9.17, 15) is 9.59 Å². The first-order valence-corrected chi connectivity index (χ1v) is 7.35. The predicted molar refractivity (Wildman–Crippen MR) is 81.0 cm³/mol. The lowest BCUT2D eigenvalue weighted by molar-refractivity contribution is -0.122. The van der Waals surface area contributed by atoms with E-state index in [4.69, 9.17) is 4.74 Å². The van der Waals surface area contributed by atoms with E-state index in [0.29, 0.717) is 32.4 Å². The second-order valence-corrected chi connectivity index (χ2v) is 5.28. The van der Waals surface area contributed by atoms with Gasteiger partial charge in [-0.05, 0) is 30.9 Å². The Morgan fingerprint density at radius 3 is 3.05 bits per heavy atom. The first-order chi connectivity index (χ1) is 10.2. The number of methoxy groups -OCH3 is 1. The zero-order chi connectivity index (χ0) is 15.1.